The first-order valence-corrected chi connectivity index (χ1v) is 12.7. The van der Waals surface area contributed by atoms with Gasteiger partial charge in [-0.1, -0.05) is 36.4 Å². The number of ketones is 1. The first kappa shape index (κ1) is 23.4. The number of aromatic nitrogens is 1. The first-order valence-electron chi connectivity index (χ1n) is 12.7. The smallest absolute Gasteiger partial charge is 0.231 e. The Balaban J connectivity index is 1.26. The predicted octanol–water partition coefficient (Wildman–Crippen LogP) is 5.99. The van der Waals surface area contributed by atoms with Gasteiger partial charge in [-0.05, 0) is 50.1 Å². The van der Waals surface area contributed by atoms with Crippen LogP contribution in [0, 0.1) is 6.92 Å². The van der Waals surface area contributed by atoms with Crippen LogP contribution in [0.25, 0.3) is 17.0 Å². The molecule has 0 fully saturated rings. The minimum atomic E-state index is -0.0830. The van der Waals surface area contributed by atoms with Crippen LogP contribution in [0.4, 0.5) is 0 Å². The van der Waals surface area contributed by atoms with E-state index in [2.05, 4.69) is 40.8 Å². The van der Waals surface area contributed by atoms with Gasteiger partial charge in [0.1, 0.15) is 24.0 Å². The summed E-state index contributed by atoms with van der Waals surface area (Å²) in [6.07, 6.45) is 4.81. The number of ether oxygens (including phenoxy) is 3. The second-order valence-electron chi connectivity index (χ2n) is 9.58. The Labute approximate surface area is 216 Å². The molecule has 6 rings (SSSR count). The van der Waals surface area contributed by atoms with E-state index in [1.165, 1.54) is 5.56 Å². The van der Waals surface area contributed by atoms with Gasteiger partial charge in [-0.25, -0.2) is 0 Å². The van der Waals surface area contributed by atoms with Crippen LogP contribution in [-0.4, -0.2) is 35.6 Å². The highest BCUT2D eigenvalue weighted by Crippen LogP contribution is 2.43. The number of allylic oxidation sites excluding steroid dienone is 1. The fourth-order valence-electron chi connectivity index (χ4n) is 5.42. The molecule has 0 saturated heterocycles. The molecule has 3 heterocycles. The van der Waals surface area contributed by atoms with Crippen molar-refractivity contribution in [2.24, 2.45) is 0 Å². The predicted molar refractivity (Wildman–Crippen MR) is 144 cm³/mol. The number of para-hydroxylation sites is 2. The second-order valence-corrected chi connectivity index (χ2v) is 9.58. The van der Waals surface area contributed by atoms with Crippen LogP contribution in [0.3, 0.4) is 0 Å². The number of aryl methyl sites for hydroxylation is 1. The molecular weight excluding hydrogens is 464 g/mol. The molecule has 6 nitrogen and oxygen atoms in total. The van der Waals surface area contributed by atoms with Gasteiger partial charge in [0.15, 0.2) is 5.76 Å². The molecule has 0 aliphatic carbocycles. The van der Waals surface area contributed by atoms with Crippen LogP contribution in [0.2, 0.25) is 0 Å². The fourth-order valence-corrected chi connectivity index (χ4v) is 5.42. The molecule has 2 aliphatic heterocycles. The average Bonchev–Trinajstić information content (AvgIpc) is 3.45. The molecule has 6 heteroatoms. The highest BCUT2D eigenvalue weighted by Gasteiger charge is 2.33. The van der Waals surface area contributed by atoms with Crippen LogP contribution >= 0.6 is 0 Å². The lowest BCUT2D eigenvalue weighted by molar-refractivity contribution is 0.0952. The van der Waals surface area contributed by atoms with Crippen molar-refractivity contribution in [2.45, 2.75) is 33.4 Å². The molecule has 0 N–H and O–H groups in total. The fraction of sp³-hybridized carbons (Fsp3) is 0.258. The van der Waals surface area contributed by atoms with Gasteiger partial charge in [0.25, 0.3) is 0 Å². The van der Waals surface area contributed by atoms with E-state index in [1.54, 1.807) is 7.11 Å². The number of benzene rings is 3. The highest BCUT2D eigenvalue weighted by atomic mass is 16.5. The van der Waals surface area contributed by atoms with Crippen LogP contribution < -0.4 is 14.2 Å². The number of nitrogens with zero attached hydrogens (tertiary/aromatic N) is 2. The molecule has 0 spiro atoms. The third-order valence-corrected chi connectivity index (χ3v) is 7.34. The van der Waals surface area contributed by atoms with Crippen molar-refractivity contribution in [1.29, 1.82) is 0 Å². The number of carbonyl (C=O) groups is 1. The lowest BCUT2D eigenvalue weighted by atomic mass is 9.99. The summed E-state index contributed by atoms with van der Waals surface area (Å²) in [6.45, 7) is 6.98. The number of Topliss-reactive ketones (excluding diaryl/α,β-unsaturated/α-hetero) is 1. The maximum Gasteiger partial charge on any atom is 0.231 e. The van der Waals surface area contributed by atoms with E-state index in [-0.39, 0.29) is 5.78 Å². The molecule has 1 aromatic heterocycles. The Morgan fingerprint density at radius 1 is 1.08 bits per heavy atom. The minimum absolute atomic E-state index is 0.0830. The van der Waals surface area contributed by atoms with Gasteiger partial charge in [0, 0.05) is 53.4 Å². The molecular formula is C31H30N2O4. The van der Waals surface area contributed by atoms with Gasteiger partial charge in [-0.2, -0.15) is 0 Å². The third-order valence-electron chi connectivity index (χ3n) is 7.34. The van der Waals surface area contributed by atoms with Gasteiger partial charge in [-0.3, -0.25) is 9.69 Å². The largest absolute Gasteiger partial charge is 0.496 e. The molecule has 3 aromatic carbocycles. The minimum Gasteiger partial charge on any atom is -0.496 e. The zero-order chi connectivity index (χ0) is 25.5. The van der Waals surface area contributed by atoms with E-state index in [0.717, 1.165) is 65.1 Å². The van der Waals surface area contributed by atoms with Crippen LogP contribution in [-0.2, 0) is 19.5 Å². The maximum absolute atomic E-state index is 13.4. The quantitative estimate of drug-likeness (QED) is 0.308. The molecule has 37 heavy (non-hydrogen) atoms. The summed E-state index contributed by atoms with van der Waals surface area (Å²) in [7, 11) is 1.70. The van der Waals surface area contributed by atoms with E-state index in [1.807, 2.05) is 49.4 Å². The van der Waals surface area contributed by atoms with E-state index in [0.29, 0.717) is 23.8 Å². The summed E-state index contributed by atoms with van der Waals surface area (Å²) in [5.41, 5.74) is 5.80. The Kier molecular flexibility index (Phi) is 5.97. The summed E-state index contributed by atoms with van der Waals surface area (Å²) < 4.78 is 20.0. The third kappa shape index (κ3) is 4.07. The Bertz CT molecular complexity index is 1550. The SMILES string of the molecule is CCn1cc(/C=C2\Oc3c(cc4c(c3C)OCN(CCc3ccccc3OC)C4)C2=O)c2ccccc21. The van der Waals surface area contributed by atoms with Crippen LogP contribution in [0.1, 0.15) is 39.5 Å². The molecule has 2 aliphatic rings. The number of hydrogen-bond donors (Lipinski definition) is 0. The van der Waals surface area contributed by atoms with Crippen molar-refractivity contribution in [3.05, 3.63) is 94.4 Å². The summed E-state index contributed by atoms with van der Waals surface area (Å²) >= 11 is 0. The molecule has 0 unspecified atom stereocenters. The van der Waals surface area contributed by atoms with Crippen molar-refractivity contribution in [3.8, 4) is 17.2 Å². The first-order chi connectivity index (χ1) is 18.1. The lowest BCUT2D eigenvalue weighted by Crippen LogP contribution is -2.34. The summed E-state index contributed by atoms with van der Waals surface area (Å²) in [5, 5.41) is 1.11. The highest BCUT2D eigenvalue weighted by molar-refractivity contribution is 6.15. The van der Waals surface area contributed by atoms with Gasteiger partial charge in [-0.15, -0.1) is 0 Å². The monoisotopic (exact) mass is 494 g/mol. The second kappa shape index (κ2) is 9.45. The Hall–Kier alpha value is -4.03. The van der Waals surface area contributed by atoms with E-state index < -0.39 is 0 Å². The summed E-state index contributed by atoms with van der Waals surface area (Å²) in [5.74, 6) is 2.60. The van der Waals surface area contributed by atoms with Crippen molar-refractivity contribution in [3.63, 3.8) is 0 Å². The number of carbonyl (C=O) groups excluding carboxylic acids is 1. The van der Waals surface area contributed by atoms with Gasteiger partial charge in [0.05, 0.1) is 12.7 Å². The number of hydrogen-bond acceptors (Lipinski definition) is 5. The number of rotatable bonds is 6. The van der Waals surface area contributed by atoms with Crippen LogP contribution in [0.5, 0.6) is 17.2 Å². The van der Waals surface area contributed by atoms with Crippen molar-refractivity contribution >= 4 is 22.8 Å². The molecule has 0 atom stereocenters. The molecule has 0 radical (unpaired) electrons. The van der Waals surface area contributed by atoms with Gasteiger partial charge < -0.3 is 18.8 Å². The number of fused-ring (bicyclic) bond motifs is 3. The molecule has 188 valence electrons. The lowest BCUT2D eigenvalue weighted by Gasteiger charge is -2.30. The molecule has 4 aromatic rings. The van der Waals surface area contributed by atoms with Gasteiger partial charge >= 0.3 is 0 Å². The van der Waals surface area contributed by atoms with Crippen molar-refractivity contribution in [2.75, 3.05) is 20.4 Å². The zero-order valence-electron chi connectivity index (χ0n) is 21.4. The Morgan fingerprint density at radius 3 is 2.73 bits per heavy atom. The molecule has 0 bridgehead atoms. The van der Waals surface area contributed by atoms with Crippen molar-refractivity contribution in [1.82, 2.24) is 9.47 Å². The van der Waals surface area contributed by atoms with E-state index in [4.69, 9.17) is 14.2 Å². The zero-order valence-corrected chi connectivity index (χ0v) is 21.4. The molecule has 0 amide bonds. The maximum atomic E-state index is 13.4. The topological polar surface area (TPSA) is 52.9 Å². The Morgan fingerprint density at radius 2 is 1.89 bits per heavy atom. The van der Waals surface area contributed by atoms with Crippen LogP contribution in [0.15, 0.2) is 66.6 Å². The van der Waals surface area contributed by atoms with E-state index in [9.17, 15) is 4.79 Å². The number of methoxy groups -OCH3 is 1. The standard InChI is InChI=1S/C31H30N2O4/c1-4-33-18-22(24-10-6-7-11-26(24)33)16-28-29(34)25-15-23-17-32(19-36-30(23)20(2)31(25)37-28)14-13-21-9-5-8-12-27(21)35-3/h5-12,15-16,18H,4,13-14,17,19H2,1-3H3/b28-16-. The molecule has 0 saturated carbocycles. The van der Waals surface area contributed by atoms with E-state index >= 15 is 0 Å². The summed E-state index contributed by atoms with van der Waals surface area (Å²) in [6, 6.07) is 18.3. The average molecular weight is 495 g/mol. The van der Waals surface area contributed by atoms with Crippen molar-refractivity contribution < 1.29 is 19.0 Å². The van der Waals surface area contributed by atoms with Gasteiger partial charge in [0.2, 0.25) is 5.78 Å². The normalized spacial score (nSPS) is 16.0. The summed E-state index contributed by atoms with van der Waals surface area (Å²) in [4.78, 5) is 15.7.